The van der Waals surface area contributed by atoms with Gasteiger partial charge in [-0.05, 0) is 57.8 Å². The molecule has 0 rings (SSSR count). The van der Waals surface area contributed by atoms with Crippen LogP contribution in [0.15, 0.2) is 60.8 Å². The number of hydrogen-bond acceptors (Lipinski definition) is 8. The van der Waals surface area contributed by atoms with Gasteiger partial charge in [-0.25, -0.2) is 4.57 Å². The molecule has 0 aliphatic carbocycles. The van der Waals surface area contributed by atoms with Crippen molar-refractivity contribution in [1.82, 2.24) is 0 Å². The highest BCUT2D eigenvalue weighted by molar-refractivity contribution is 7.47. The van der Waals surface area contributed by atoms with Gasteiger partial charge in [0.05, 0.1) is 19.8 Å². The zero-order chi connectivity index (χ0) is 49.0. The van der Waals surface area contributed by atoms with E-state index < -0.39 is 45.1 Å². The minimum Gasteiger partial charge on any atom is -0.480 e. The monoisotopic (exact) mass is 964 g/mol. The maximum absolute atomic E-state index is 12.7. The molecule has 10 nitrogen and oxygen atoms in total. The Morgan fingerprint density at radius 2 is 0.866 bits per heavy atom. The summed E-state index contributed by atoms with van der Waals surface area (Å²) in [6.07, 6.45) is 64.3. The molecule has 0 aromatic carbocycles. The minimum absolute atomic E-state index is 0.00697. The molecule has 0 amide bonds. The van der Waals surface area contributed by atoms with Crippen molar-refractivity contribution in [3.05, 3.63) is 60.8 Å². The largest absolute Gasteiger partial charge is 0.480 e. The van der Waals surface area contributed by atoms with Crippen molar-refractivity contribution in [2.75, 3.05) is 26.4 Å². The maximum atomic E-state index is 12.7. The third-order valence-electron chi connectivity index (χ3n) is 11.8. The number of allylic oxidation sites excluding steroid dienone is 10. The summed E-state index contributed by atoms with van der Waals surface area (Å²) in [7, 11) is -4.63. The molecule has 11 heteroatoms. The number of esters is 1. The summed E-state index contributed by atoms with van der Waals surface area (Å²) in [5, 5.41) is 8.94. The average molecular weight is 964 g/mol. The maximum Gasteiger partial charge on any atom is 0.472 e. The standard InChI is InChI=1S/C56H102NO9P/c1-3-5-7-9-11-13-15-17-19-21-23-25-27-28-30-32-34-36-38-40-42-44-46-48-55(58)66-53(51-64-67(61,62)65-52-54(57)56(59)60)50-63-49-47-45-43-41-39-37-35-33-31-29-26-24-22-20-18-16-14-12-10-8-6-4-2/h6,8,12,14,18,20,24,26,31,33,53-54H,3-5,7,9-11,13,15-17,19,21-23,25,27-30,32,34-52,57H2,1-2H3,(H,59,60)(H,61,62)/b8-6-,14-12-,20-18-,26-24-,33-31-. The fourth-order valence-corrected chi connectivity index (χ4v) is 8.41. The van der Waals surface area contributed by atoms with Crippen molar-refractivity contribution in [2.24, 2.45) is 5.73 Å². The highest BCUT2D eigenvalue weighted by Gasteiger charge is 2.27. The van der Waals surface area contributed by atoms with Gasteiger partial charge in [0.15, 0.2) is 0 Å². The van der Waals surface area contributed by atoms with Crippen LogP contribution in [-0.4, -0.2) is 60.5 Å². The Bertz CT molecular complexity index is 1300. The predicted molar refractivity (Wildman–Crippen MR) is 281 cm³/mol. The van der Waals surface area contributed by atoms with Crippen LogP contribution in [0.4, 0.5) is 0 Å². The van der Waals surface area contributed by atoms with E-state index in [1.807, 2.05) is 0 Å². The second kappa shape index (κ2) is 51.5. The van der Waals surface area contributed by atoms with Crippen LogP contribution in [0.5, 0.6) is 0 Å². The number of ether oxygens (including phenoxy) is 2. The Morgan fingerprint density at radius 3 is 1.30 bits per heavy atom. The molecule has 3 atom stereocenters. The number of phosphoric acid groups is 1. The van der Waals surface area contributed by atoms with Gasteiger partial charge in [0.25, 0.3) is 0 Å². The van der Waals surface area contributed by atoms with Crippen molar-refractivity contribution >= 4 is 19.8 Å². The highest BCUT2D eigenvalue weighted by Crippen LogP contribution is 2.43. The number of unbranched alkanes of at least 4 members (excludes halogenated alkanes) is 28. The fraction of sp³-hybridized carbons (Fsp3) is 0.786. The lowest BCUT2D eigenvalue weighted by molar-refractivity contribution is -0.154. The van der Waals surface area contributed by atoms with Crippen molar-refractivity contribution in [3.8, 4) is 0 Å². The Labute approximate surface area is 411 Å². The molecule has 0 aromatic rings. The molecule has 0 aromatic heterocycles. The lowest BCUT2D eigenvalue weighted by Gasteiger charge is -2.20. The molecular formula is C56H102NO9P. The summed E-state index contributed by atoms with van der Waals surface area (Å²) in [5.41, 5.74) is 5.38. The Kier molecular flexibility index (Phi) is 49.7. The predicted octanol–water partition coefficient (Wildman–Crippen LogP) is 16.3. The van der Waals surface area contributed by atoms with Crippen LogP contribution >= 0.6 is 7.82 Å². The number of phosphoric ester groups is 1. The molecule has 0 saturated carbocycles. The number of rotatable bonds is 52. The molecule has 0 heterocycles. The molecule has 390 valence electrons. The van der Waals surface area contributed by atoms with Gasteiger partial charge in [0.1, 0.15) is 12.1 Å². The van der Waals surface area contributed by atoms with Crippen molar-refractivity contribution in [3.63, 3.8) is 0 Å². The molecule has 0 radical (unpaired) electrons. The first-order valence-corrected chi connectivity index (χ1v) is 28.8. The van der Waals surface area contributed by atoms with E-state index in [1.165, 1.54) is 141 Å². The van der Waals surface area contributed by atoms with Crippen molar-refractivity contribution in [1.29, 1.82) is 0 Å². The van der Waals surface area contributed by atoms with Gasteiger partial charge in [-0.15, -0.1) is 0 Å². The molecule has 0 fully saturated rings. The summed E-state index contributed by atoms with van der Waals surface area (Å²) in [6.45, 7) is 3.77. The van der Waals surface area contributed by atoms with E-state index in [1.54, 1.807) is 0 Å². The molecule has 3 unspecified atom stereocenters. The van der Waals surface area contributed by atoms with Crippen molar-refractivity contribution in [2.45, 2.75) is 257 Å². The van der Waals surface area contributed by atoms with Crippen LogP contribution in [0, 0.1) is 0 Å². The normalized spacial score (nSPS) is 14.1. The average Bonchev–Trinajstić information content (AvgIpc) is 3.31. The SMILES string of the molecule is CC/C=C\C/C=C\C/C=C\C/C=C\C/C=C\CCCCCCCCOCC(COP(=O)(O)OCC(N)C(=O)O)OC(=O)CCCCCCCCCCCCCCCCCCCCCCCCC. The van der Waals surface area contributed by atoms with Gasteiger partial charge in [0.2, 0.25) is 0 Å². The number of hydrogen-bond donors (Lipinski definition) is 3. The molecule has 0 aliphatic rings. The first-order chi connectivity index (χ1) is 32.7. The summed E-state index contributed by atoms with van der Waals surface area (Å²) < 4.78 is 33.6. The smallest absolute Gasteiger partial charge is 0.472 e. The van der Waals surface area contributed by atoms with Gasteiger partial charge in [-0.1, -0.05) is 242 Å². The van der Waals surface area contributed by atoms with Gasteiger partial charge in [-0.2, -0.15) is 0 Å². The van der Waals surface area contributed by atoms with Crippen LogP contribution in [0.1, 0.15) is 245 Å². The lowest BCUT2D eigenvalue weighted by Crippen LogP contribution is -2.34. The fourth-order valence-electron chi connectivity index (χ4n) is 7.63. The number of carbonyl (C=O) groups excluding carboxylic acids is 1. The lowest BCUT2D eigenvalue weighted by atomic mass is 10.0. The molecule has 0 bridgehead atoms. The first kappa shape index (κ1) is 64.7. The zero-order valence-corrected chi connectivity index (χ0v) is 43.9. The zero-order valence-electron chi connectivity index (χ0n) is 43.0. The number of carboxylic acid groups (broad SMARTS) is 1. The van der Waals surface area contributed by atoms with Crippen LogP contribution < -0.4 is 5.73 Å². The van der Waals surface area contributed by atoms with Crippen LogP contribution in [0.25, 0.3) is 0 Å². The van der Waals surface area contributed by atoms with E-state index in [-0.39, 0.29) is 13.0 Å². The van der Waals surface area contributed by atoms with Crippen LogP contribution in [-0.2, 0) is 32.7 Å². The number of nitrogens with two attached hydrogens (primary N) is 1. The third-order valence-corrected chi connectivity index (χ3v) is 12.8. The summed E-state index contributed by atoms with van der Waals surface area (Å²) in [6, 6.07) is -1.48. The van der Waals surface area contributed by atoms with E-state index >= 15 is 0 Å². The van der Waals surface area contributed by atoms with Gasteiger partial charge >= 0.3 is 19.8 Å². The summed E-state index contributed by atoms with van der Waals surface area (Å²) >= 11 is 0. The van der Waals surface area contributed by atoms with Crippen LogP contribution in [0.3, 0.4) is 0 Å². The molecule has 0 aliphatic heterocycles. The van der Waals surface area contributed by atoms with E-state index in [4.69, 9.17) is 29.4 Å². The topological polar surface area (TPSA) is 155 Å². The van der Waals surface area contributed by atoms with E-state index in [0.29, 0.717) is 13.0 Å². The number of carbonyl (C=O) groups is 2. The van der Waals surface area contributed by atoms with Gasteiger partial charge in [0, 0.05) is 13.0 Å². The Balaban J connectivity index is 4.12. The quantitative estimate of drug-likeness (QED) is 0.0232. The number of aliphatic carboxylic acids is 1. The molecule has 67 heavy (non-hydrogen) atoms. The summed E-state index contributed by atoms with van der Waals surface area (Å²) in [4.78, 5) is 33.8. The Morgan fingerprint density at radius 1 is 0.493 bits per heavy atom. The minimum atomic E-state index is -4.63. The van der Waals surface area contributed by atoms with Crippen molar-refractivity contribution < 1.29 is 42.7 Å². The molecule has 0 spiro atoms. The number of carboxylic acids is 1. The molecule has 0 saturated heterocycles. The highest BCUT2D eigenvalue weighted by atomic mass is 31.2. The van der Waals surface area contributed by atoms with Crippen LogP contribution in [0.2, 0.25) is 0 Å². The molecule has 4 N–H and O–H groups in total. The van der Waals surface area contributed by atoms with E-state index in [9.17, 15) is 19.0 Å². The van der Waals surface area contributed by atoms with Gasteiger partial charge < -0.3 is 25.2 Å². The molecular weight excluding hydrogens is 862 g/mol. The Hall–Kier alpha value is -2.33. The summed E-state index contributed by atoms with van der Waals surface area (Å²) in [5.74, 6) is -1.78. The second-order valence-corrected chi connectivity index (χ2v) is 19.8. The second-order valence-electron chi connectivity index (χ2n) is 18.3. The van der Waals surface area contributed by atoms with E-state index in [2.05, 4.69) is 74.6 Å². The first-order valence-electron chi connectivity index (χ1n) is 27.3. The third kappa shape index (κ3) is 51.4. The van der Waals surface area contributed by atoms with Gasteiger partial charge in [-0.3, -0.25) is 18.6 Å². The van der Waals surface area contributed by atoms with E-state index in [0.717, 1.165) is 77.0 Å².